The first-order valence-corrected chi connectivity index (χ1v) is 16.5. The maximum absolute atomic E-state index is 13.1. The van der Waals surface area contributed by atoms with Gasteiger partial charge in [-0.3, -0.25) is 9.00 Å². The third kappa shape index (κ3) is 19.6. The highest BCUT2D eigenvalue weighted by atomic mass is 32.2. The van der Waals surface area contributed by atoms with Crippen LogP contribution in [0.2, 0.25) is 0 Å². The zero-order valence-electron chi connectivity index (χ0n) is 29.0. The van der Waals surface area contributed by atoms with E-state index in [2.05, 4.69) is 70.9 Å². The molecule has 1 unspecified atom stereocenters. The number of rotatable bonds is 9. The van der Waals surface area contributed by atoms with Crippen LogP contribution in [0.15, 0.2) is 71.6 Å². The Morgan fingerprint density at radius 3 is 2.02 bits per heavy atom. The first-order valence-electron chi connectivity index (χ1n) is 14.4. The van der Waals surface area contributed by atoms with Crippen molar-refractivity contribution in [3.8, 4) is 5.75 Å². The van der Waals surface area contributed by atoms with E-state index in [1.54, 1.807) is 32.4 Å². The summed E-state index contributed by atoms with van der Waals surface area (Å²) in [7, 11) is 3.61. The summed E-state index contributed by atoms with van der Waals surface area (Å²) in [6, 6.07) is 13.1. The number of carbonyl (C=O) groups excluding carboxylic acids is 1. The normalized spacial score (nSPS) is 12.2. The van der Waals surface area contributed by atoms with Gasteiger partial charge in [0.25, 0.3) is 5.91 Å². The van der Waals surface area contributed by atoms with Crippen molar-refractivity contribution in [2.45, 2.75) is 54.1 Å². The van der Waals surface area contributed by atoms with Crippen LogP contribution in [-0.4, -0.2) is 74.3 Å². The number of amides is 1. The number of anilines is 1. The van der Waals surface area contributed by atoms with Gasteiger partial charge in [-0.1, -0.05) is 57.7 Å². The molecule has 2 aromatic carbocycles. The number of aliphatic imine (C=N–C) groups is 1. The van der Waals surface area contributed by atoms with Crippen LogP contribution in [0.25, 0.3) is 0 Å². The molecule has 0 aliphatic heterocycles. The van der Waals surface area contributed by atoms with Crippen LogP contribution < -0.4 is 20.1 Å². The Labute approximate surface area is 274 Å². The Morgan fingerprint density at radius 1 is 1.11 bits per heavy atom. The predicted molar refractivity (Wildman–Crippen MR) is 188 cm³/mol. The van der Waals surface area contributed by atoms with Gasteiger partial charge in [0.15, 0.2) is 0 Å². The SMILES string of the molecule is C=C/C(=C(\N=C(/C)Nc1ccc(C(=O)NC)cc1OC)OCC)C(F)(F)F.C=S(C)(=O)NC.CC.CCc1ccccc1C.CO. The standard InChI is InChI=1S/C18H22F3N3O3.C9H12.C3H9NOS.C2H6.CH4O/c1-6-13(18(19,20)21)17(27-7-2)24-11(3)23-14-9-8-12(16(25)22-4)10-15(14)26-5;1-3-9-7-5-4-6-8(9)2;1-4-6(2,3)5;2*1-2/h6,8-10H,1,7H2,2-5H3,(H,22,25)(H,23,24);4-7H,3H2,1-2H3;2H2,1,3H3,(H,4,5);1-2H3;2H,1H3/b17-13-;;;;. The third-order valence-electron chi connectivity index (χ3n) is 5.37. The number of methoxy groups -OCH3 is 1. The predicted octanol–water partition coefficient (Wildman–Crippen LogP) is 6.54. The molecule has 0 fully saturated rings. The van der Waals surface area contributed by atoms with Crippen molar-refractivity contribution in [1.29, 1.82) is 0 Å². The molecule has 9 nitrogen and oxygen atoms in total. The summed E-state index contributed by atoms with van der Waals surface area (Å²) in [5.41, 5.74) is 2.58. The summed E-state index contributed by atoms with van der Waals surface area (Å²) in [4.78, 5) is 15.6. The lowest BCUT2D eigenvalue weighted by Gasteiger charge is -2.15. The third-order valence-corrected chi connectivity index (χ3v) is 6.23. The summed E-state index contributed by atoms with van der Waals surface area (Å²) in [5, 5.41) is 12.3. The minimum atomic E-state index is -4.65. The number of ether oxygens (including phenoxy) is 2. The number of benzene rings is 2. The Bertz CT molecular complexity index is 1340. The summed E-state index contributed by atoms with van der Waals surface area (Å²) in [5.74, 6) is 2.87. The first kappa shape index (κ1) is 46.6. The van der Waals surface area contributed by atoms with E-state index < -0.39 is 27.3 Å². The van der Waals surface area contributed by atoms with Gasteiger partial charge >= 0.3 is 6.18 Å². The molecule has 13 heteroatoms. The molecule has 1 amide bonds. The van der Waals surface area contributed by atoms with Gasteiger partial charge in [-0.2, -0.15) is 13.2 Å². The number of carbonyl (C=O) groups is 1. The molecule has 0 heterocycles. The average molecular weight is 675 g/mol. The second-order valence-electron chi connectivity index (χ2n) is 8.66. The van der Waals surface area contributed by atoms with Gasteiger partial charge in [0, 0.05) is 35.7 Å². The molecule has 0 radical (unpaired) electrons. The second kappa shape index (κ2) is 25.4. The van der Waals surface area contributed by atoms with Crippen molar-refractivity contribution in [1.82, 2.24) is 10.0 Å². The highest BCUT2D eigenvalue weighted by molar-refractivity contribution is 7.97. The van der Waals surface area contributed by atoms with Crippen LogP contribution in [0.4, 0.5) is 18.9 Å². The highest BCUT2D eigenvalue weighted by Gasteiger charge is 2.35. The van der Waals surface area contributed by atoms with E-state index in [1.807, 2.05) is 13.8 Å². The fourth-order valence-corrected chi connectivity index (χ4v) is 3.09. The Balaban J connectivity index is -0.000000789. The van der Waals surface area contributed by atoms with Gasteiger partial charge in [0.05, 0.1) is 19.4 Å². The van der Waals surface area contributed by atoms with Crippen LogP contribution in [0, 0.1) is 6.92 Å². The average Bonchev–Trinajstić information content (AvgIpc) is 3.03. The second-order valence-corrected chi connectivity index (χ2v) is 11.1. The number of allylic oxidation sites excluding steroid dienone is 2. The van der Waals surface area contributed by atoms with Crippen molar-refractivity contribution in [3.05, 3.63) is 83.3 Å². The van der Waals surface area contributed by atoms with Gasteiger partial charge in [-0.25, -0.2) is 9.71 Å². The lowest BCUT2D eigenvalue weighted by atomic mass is 10.1. The van der Waals surface area contributed by atoms with Crippen molar-refractivity contribution >= 4 is 33.0 Å². The van der Waals surface area contributed by atoms with Crippen LogP contribution in [-0.2, 0) is 20.9 Å². The van der Waals surface area contributed by atoms with Crippen molar-refractivity contribution < 1.29 is 36.8 Å². The Morgan fingerprint density at radius 2 is 1.65 bits per heavy atom. The lowest BCUT2D eigenvalue weighted by Crippen LogP contribution is -2.18. The zero-order valence-corrected chi connectivity index (χ0v) is 29.8. The Hall–Kier alpha value is -3.81. The van der Waals surface area contributed by atoms with Crippen molar-refractivity contribution in [3.63, 3.8) is 0 Å². The number of nitrogens with one attached hydrogen (secondary N) is 3. The van der Waals surface area contributed by atoms with Crippen LogP contribution in [0.5, 0.6) is 5.75 Å². The monoisotopic (exact) mass is 674 g/mol. The minimum absolute atomic E-state index is 0.00365. The molecule has 0 aromatic heterocycles. The van der Waals surface area contributed by atoms with Crippen molar-refractivity contribution in [2.24, 2.45) is 4.99 Å². The molecule has 0 spiro atoms. The number of aryl methyl sites for hydroxylation is 2. The smallest absolute Gasteiger partial charge is 0.421 e. The van der Waals surface area contributed by atoms with E-state index in [0.717, 1.165) is 13.5 Å². The number of nitrogens with zero attached hydrogens (tertiary/aromatic N) is 1. The topological polar surface area (TPSA) is 121 Å². The van der Waals surface area contributed by atoms with Gasteiger partial charge in [-0.15, -0.1) is 0 Å². The minimum Gasteiger partial charge on any atom is -0.495 e. The van der Waals surface area contributed by atoms with Crippen LogP contribution >= 0.6 is 0 Å². The number of halogens is 3. The van der Waals surface area contributed by atoms with Gasteiger partial charge in [0.2, 0.25) is 5.88 Å². The number of aliphatic hydroxyl groups excluding tert-OH is 1. The molecule has 0 saturated heterocycles. The molecule has 1 atom stereocenters. The van der Waals surface area contributed by atoms with E-state index in [-0.39, 0.29) is 18.3 Å². The molecule has 0 bridgehead atoms. The summed E-state index contributed by atoms with van der Waals surface area (Å²) >= 11 is 0. The molecule has 46 heavy (non-hydrogen) atoms. The van der Waals surface area contributed by atoms with Gasteiger partial charge in [0.1, 0.15) is 17.2 Å². The lowest BCUT2D eigenvalue weighted by molar-refractivity contribution is -0.0916. The zero-order chi connectivity index (χ0) is 36.5. The van der Waals surface area contributed by atoms with E-state index in [9.17, 15) is 22.2 Å². The maximum Gasteiger partial charge on any atom is 0.421 e. The molecule has 0 saturated carbocycles. The first-order chi connectivity index (χ1) is 21.6. The summed E-state index contributed by atoms with van der Waals surface area (Å²) in [6.45, 7) is 14.5. The number of amidine groups is 1. The molecule has 2 rings (SSSR count). The molecule has 2 aromatic rings. The Kier molecular flexibility index (Phi) is 25.7. The molecular weight excluding hydrogens is 621 g/mol. The summed E-state index contributed by atoms with van der Waals surface area (Å²) < 4.78 is 62.4. The van der Waals surface area contributed by atoms with Gasteiger partial charge < -0.3 is 25.2 Å². The largest absolute Gasteiger partial charge is 0.495 e. The van der Waals surface area contributed by atoms with Crippen LogP contribution in [0.3, 0.4) is 0 Å². The molecule has 0 aliphatic rings. The molecule has 262 valence electrons. The molecule has 0 aliphatic carbocycles. The van der Waals surface area contributed by atoms with E-state index in [0.29, 0.717) is 23.1 Å². The molecule has 4 N–H and O–H groups in total. The fraction of sp³-hybridized carbons (Fsp3) is 0.424. The maximum atomic E-state index is 13.1. The number of alkyl halides is 3. The summed E-state index contributed by atoms with van der Waals surface area (Å²) in [6.07, 6.45) is -1.30. The van der Waals surface area contributed by atoms with E-state index in [1.165, 1.54) is 38.3 Å². The number of aliphatic hydroxyl groups is 1. The van der Waals surface area contributed by atoms with E-state index in [4.69, 9.17) is 14.6 Å². The van der Waals surface area contributed by atoms with Gasteiger partial charge in [-0.05, 0) is 69.4 Å². The quantitative estimate of drug-likeness (QED) is 0.0789. The number of hydrogen-bond acceptors (Lipinski definition) is 6. The highest BCUT2D eigenvalue weighted by Crippen LogP contribution is 2.30. The van der Waals surface area contributed by atoms with Crippen molar-refractivity contribution in [2.75, 3.05) is 46.5 Å². The van der Waals surface area contributed by atoms with Crippen LogP contribution in [0.1, 0.15) is 56.1 Å². The number of hydrogen-bond donors (Lipinski definition) is 4. The molecular formula is C33H53F3N4O5S. The van der Waals surface area contributed by atoms with E-state index >= 15 is 0 Å². The fourth-order valence-electron chi connectivity index (χ4n) is 3.09.